The Morgan fingerprint density at radius 2 is 1.79 bits per heavy atom. The Morgan fingerprint density at radius 3 is 2.54 bits per heavy atom. The Balaban J connectivity index is 1.74. The summed E-state index contributed by atoms with van der Waals surface area (Å²) in [7, 11) is 0. The number of aliphatic hydroxyl groups excluding tert-OH is 1. The third kappa shape index (κ3) is 3.65. The Labute approximate surface area is 143 Å². The first-order valence-corrected chi connectivity index (χ1v) is 8.68. The zero-order chi connectivity index (χ0) is 16.9. The van der Waals surface area contributed by atoms with Crippen molar-refractivity contribution in [2.75, 3.05) is 0 Å². The average molecular weight is 320 g/mol. The normalized spacial score (nSPS) is 21.9. The molecule has 24 heavy (non-hydrogen) atoms. The van der Waals surface area contributed by atoms with Crippen LogP contribution in [-0.4, -0.2) is 17.0 Å². The molecule has 0 amide bonds. The summed E-state index contributed by atoms with van der Waals surface area (Å²) in [6.45, 7) is 1.98. The molecule has 0 aromatic heterocycles. The van der Waals surface area contributed by atoms with Crippen molar-refractivity contribution in [3.8, 4) is 0 Å². The summed E-state index contributed by atoms with van der Waals surface area (Å²) in [6.07, 6.45) is 5.98. The molecule has 0 aliphatic heterocycles. The van der Waals surface area contributed by atoms with Crippen molar-refractivity contribution in [3.05, 3.63) is 77.4 Å². The van der Waals surface area contributed by atoms with Crippen LogP contribution in [0.4, 0.5) is 0 Å². The molecular weight excluding hydrogens is 296 g/mol. The maximum atomic E-state index is 12.9. The number of rotatable bonds is 5. The molecule has 1 saturated carbocycles. The zero-order valence-corrected chi connectivity index (χ0v) is 14.1. The first-order valence-electron chi connectivity index (χ1n) is 8.68. The van der Waals surface area contributed by atoms with Crippen LogP contribution in [0.15, 0.2) is 60.7 Å². The summed E-state index contributed by atoms with van der Waals surface area (Å²) in [5.74, 6) is 0.112. The van der Waals surface area contributed by atoms with Crippen LogP contribution < -0.4 is 0 Å². The van der Waals surface area contributed by atoms with Crippen LogP contribution in [-0.2, 0) is 0 Å². The van der Waals surface area contributed by atoms with Crippen molar-refractivity contribution in [1.82, 2.24) is 0 Å². The van der Waals surface area contributed by atoms with Gasteiger partial charge in [-0.05, 0) is 36.8 Å². The van der Waals surface area contributed by atoms with Crippen LogP contribution in [0.25, 0.3) is 6.08 Å². The van der Waals surface area contributed by atoms with Crippen molar-refractivity contribution in [2.45, 2.75) is 32.3 Å². The van der Waals surface area contributed by atoms with E-state index in [9.17, 15) is 9.90 Å². The van der Waals surface area contributed by atoms with Crippen LogP contribution >= 0.6 is 0 Å². The molecule has 1 fully saturated rings. The standard InChI is InChI=1S/C22H24O2/c1-16-8-5-6-11-18(16)22(24)20-13-7-12-19(20)21(23)15-14-17-9-3-2-4-10-17/h2-6,8-11,14-15,19-21,23H,7,12-13H2,1H3/b15-14+/t19-,20-,21-/m0/s1. The predicted molar refractivity (Wildman–Crippen MR) is 97.8 cm³/mol. The van der Waals surface area contributed by atoms with E-state index in [2.05, 4.69) is 0 Å². The number of carbonyl (C=O) groups excluding carboxylic acids is 1. The van der Waals surface area contributed by atoms with Crippen molar-refractivity contribution < 1.29 is 9.90 Å². The van der Waals surface area contributed by atoms with Gasteiger partial charge in [0.1, 0.15) is 0 Å². The highest BCUT2D eigenvalue weighted by Crippen LogP contribution is 2.37. The Bertz CT molecular complexity index is 718. The third-order valence-corrected chi connectivity index (χ3v) is 5.04. The number of Topliss-reactive ketones (excluding diaryl/α,β-unsaturated/α-hetero) is 1. The second kappa shape index (κ2) is 7.59. The van der Waals surface area contributed by atoms with E-state index < -0.39 is 6.10 Å². The lowest BCUT2D eigenvalue weighted by Gasteiger charge is -2.22. The zero-order valence-electron chi connectivity index (χ0n) is 14.1. The second-order valence-electron chi connectivity index (χ2n) is 6.64. The molecule has 3 rings (SSSR count). The fourth-order valence-electron chi connectivity index (χ4n) is 3.69. The highest BCUT2D eigenvalue weighted by atomic mass is 16.3. The topological polar surface area (TPSA) is 37.3 Å². The van der Waals surface area contributed by atoms with Gasteiger partial charge >= 0.3 is 0 Å². The summed E-state index contributed by atoms with van der Waals surface area (Å²) in [5.41, 5.74) is 2.88. The van der Waals surface area contributed by atoms with E-state index >= 15 is 0 Å². The quantitative estimate of drug-likeness (QED) is 0.813. The van der Waals surface area contributed by atoms with Gasteiger partial charge in [-0.25, -0.2) is 0 Å². The SMILES string of the molecule is Cc1ccccc1C(=O)[C@H]1CCC[C@@H]1[C@@H](O)/C=C/c1ccccc1. The summed E-state index contributed by atoms with van der Waals surface area (Å²) in [6, 6.07) is 17.7. The minimum atomic E-state index is -0.578. The number of benzene rings is 2. The van der Waals surface area contributed by atoms with E-state index in [0.717, 1.165) is 36.0 Å². The molecule has 0 saturated heterocycles. The van der Waals surface area contributed by atoms with Crippen LogP contribution in [0.2, 0.25) is 0 Å². The highest BCUT2D eigenvalue weighted by Gasteiger charge is 2.37. The number of hydrogen-bond acceptors (Lipinski definition) is 2. The van der Waals surface area contributed by atoms with Gasteiger partial charge in [0.15, 0.2) is 5.78 Å². The summed E-state index contributed by atoms with van der Waals surface area (Å²) < 4.78 is 0. The molecule has 2 aromatic rings. The van der Waals surface area contributed by atoms with E-state index in [1.165, 1.54) is 0 Å². The fraction of sp³-hybridized carbons (Fsp3) is 0.318. The van der Waals surface area contributed by atoms with Crippen LogP contribution in [0.3, 0.4) is 0 Å². The van der Waals surface area contributed by atoms with E-state index in [0.29, 0.717) is 0 Å². The van der Waals surface area contributed by atoms with Gasteiger partial charge in [-0.1, -0.05) is 73.2 Å². The van der Waals surface area contributed by atoms with Gasteiger partial charge in [0.05, 0.1) is 6.10 Å². The molecule has 1 N–H and O–H groups in total. The van der Waals surface area contributed by atoms with E-state index in [1.807, 2.05) is 73.7 Å². The van der Waals surface area contributed by atoms with Gasteiger partial charge in [-0.2, -0.15) is 0 Å². The van der Waals surface area contributed by atoms with Gasteiger partial charge in [0.25, 0.3) is 0 Å². The molecule has 0 spiro atoms. The van der Waals surface area contributed by atoms with Gasteiger partial charge in [0.2, 0.25) is 0 Å². The minimum Gasteiger partial charge on any atom is -0.389 e. The Hall–Kier alpha value is -2.19. The number of carbonyl (C=O) groups is 1. The fourth-order valence-corrected chi connectivity index (χ4v) is 3.69. The average Bonchev–Trinajstić information content (AvgIpc) is 3.10. The maximum absolute atomic E-state index is 12.9. The maximum Gasteiger partial charge on any atom is 0.166 e. The van der Waals surface area contributed by atoms with Crippen molar-refractivity contribution in [1.29, 1.82) is 0 Å². The van der Waals surface area contributed by atoms with Crippen molar-refractivity contribution >= 4 is 11.9 Å². The lowest BCUT2D eigenvalue weighted by molar-refractivity contribution is 0.0777. The molecule has 0 bridgehead atoms. The Morgan fingerprint density at radius 1 is 1.08 bits per heavy atom. The van der Waals surface area contributed by atoms with Crippen molar-refractivity contribution in [3.63, 3.8) is 0 Å². The van der Waals surface area contributed by atoms with Gasteiger partial charge < -0.3 is 5.11 Å². The molecule has 0 unspecified atom stereocenters. The molecule has 1 aliphatic carbocycles. The van der Waals surface area contributed by atoms with E-state index in [-0.39, 0.29) is 17.6 Å². The molecule has 2 heteroatoms. The summed E-state index contributed by atoms with van der Waals surface area (Å²) in [4.78, 5) is 12.9. The Kier molecular flexibility index (Phi) is 5.27. The largest absolute Gasteiger partial charge is 0.389 e. The number of ketones is 1. The second-order valence-corrected chi connectivity index (χ2v) is 6.64. The van der Waals surface area contributed by atoms with Gasteiger partial charge in [-0.3, -0.25) is 4.79 Å². The summed E-state index contributed by atoms with van der Waals surface area (Å²) in [5, 5.41) is 10.6. The summed E-state index contributed by atoms with van der Waals surface area (Å²) >= 11 is 0. The molecule has 0 radical (unpaired) electrons. The van der Waals surface area contributed by atoms with E-state index in [1.54, 1.807) is 0 Å². The molecule has 2 aromatic carbocycles. The first kappa shape index (κ1) is 16.7. The van der Waals surface area contributed by atoms with Gasteiger partial charge in [0, 0.05) is 11.5 Å². The predicted octanol–water partition coefficient (Wildman–Crippen LogP) is 4.67. The monoisotopic (exact) mass is 320 g/mol. The molecule has 2 nitrogen and oxygen atoms in total. The lowest BCUT2D eigenvalue weighted by atomic mass is 9.83. The van der Waals surface area contributed by atoms with Crippen LogP contribution in [0.5, 0.6) is 0 Å². The molecular formula is C22H24O2. The smallest absolute Gasteiger partial charge is 0.166 e. The molecule has 1 aliphatic rings. The van der Waals surface area contributed by atoms with Crippen LogP contribution in [0.1, 0.15) is 40.7 Å². The molecule has 0 heterocycles. The minimum absolute atomic E-state index is 0.0112. The molecule has 3 atom stereocenters. The van der Waals surface area contributed by atoms with E-state index in [4.69, 9.17) is 0 Å². The number of aliphatic hydroxyl groups is 1. The number of hydrogen-bond donors (Lipinski definition) is 1. The first-order chi connectivity index (χ1) is 11.7. The van der Waals surface area contributed by atoms with Crippen LogP contribution in [0, 0.1) is 18.8 Å². The lowest BCUT2D eigenvalue weighted by Crippen LogP contribution is -2.28. The highest BCUT2D eigenvalue weighted by molar-refractivity contribution is 5.99. The van der Waals surface area contributed by atoms with Crippen molar-refractivity contribution in [2.24, 2.45) is 11.8 Å². The van der Waals surface area contributed by atoms with Gasteiger partial charge in [-0.15, -0.1) is 0 Å². The number of aryl methyl sites for hydroxylation is 1. The third-order valence-electron chi connectivity index (χ3n) is 5.04. The molecule has 124 valence electrons.